The Labute approximate surface area is 111 Å². The number of pyridine rings is 1. The third-order valence-corrected chi connectivity index (χ3v) is 4.92. The molecular formula is C14H18BrNO. The molecule has 3 heteroatoms. The van der Waals surface area contributed by atoms with Crippen LogP contribution in [0.3, 0.4) is 0 Å². The lowest BCUT2D eigenvalue weighted by Gasteiger charge is -2.03. The summed E-state index contributed by atoms with van der Waals surface area (Å²) in [6.07, 6.45) is 3.99. The van der Waals surface area contributed by atoms with Gasteiger partial charge in [0.05, 0.1) is 0 Å². The maximum absolute atomic E-state index is 12.3. The third kappa shape index (κ3) is 2.05. The van der Waals surface area contributed by atoms with Gasteiger partial charge in [0.25, 0.3) is 0 Å². The van der Waals surface area contributed by atoms with Gasteiger partial charge < -0.3 is 0 Å². The predicted molar refractivity (Wildman–Crippen MR) is 71.7 cm³/mol. The molecule has 2 rings (SSSR count). The lowest BCUT2D eigenvalue weighted by Crippen LogP contribution is -2.10. The molecule has 0 aliphatic heterocycles. The van der Waals surface area contributed by atoms with E-state index in [1.165, 1.54) is 0 Å². The minimum Gasteiger partial charge on any atom is -0.299 e. The Morgan fingerprint density at radius 1 is 1.29 bits per heavy atom. The largest absolute Gasteiger partial charge is 0.299 e. The van der Waals surface area contributed by atoms with Crippen LogP contribution in [0, 0.1) is 16.7 Å². The van der Waals surface area contributed by atoms with Crippen molar-refractivity contribution < 1.29 is 4.79 Å². The van der Waals surface area contributed by atoms with Gasteiger partial charge >= 0.3 is 0 Å². The topological polar surface area (TPSA) is 30.0 Å². The van der Waals surface area contributed by atoms with Crippen LogP contribution in [-0.2, 0) is 11.2 Å². The van der Waals surface area contributed by atoms with Gasteiger partial charge in [-0.3, -0.25) is 9.78 Å². The van der Waals surface area contributed by atoms with Crippen LogP contribution in [0.2, 0.25) is 0 Å². The van der Waals surface area contributed by atoms with Crippen LogP contribution < -0.4 is 0 Å². The molecule has 1 aromatic rings. The molecule has 1 aromatic heterocycles. The molecule has 0 bridgehead atoms. The van der Waals surface area contributed by atoms with Crippen molar-refractivity contribution in [3.05, 3.63) is 28.5 Å². The van der Waals surface area contributed by atoms with Crippen molar-refractivity contribution >= 4 is 21.7 Å². The van der Waals surface area contributed by atoms with Gasteiger partial charge in [0.15, 0.2) is 0 Å². The molecule has 1 fully saturated rings. The number of ketones is 1. The molecule has 0 aromatic carbocycles. The smallest absolute Gasteiger partial charge is 0.141 e. The summed E-state index contributed by atoms with van der Waals surface area (Å²) in [5.74, 6) is 0.508. The lowest BCUT2D eigenvalue weighted by atomic mass is 10.0. The molecule has 1 aliphatic carbocycles. The Balaban J connectivity index is 2.10. The quantitative estimate of drug-likeness (QED) is 0.852. The molecule has 0 spiro atoms. The molecule has 0 radical (unpaired) electrons. The molecule has 1 heterocycles. The number of hydrogen-bond donors (Lipinski definition) is 0. The molecule has 0 N–H and O–H groups in total. The third-order valence-electron chi connectivity index (χ3n) is 4.48. The first kappa shape index (κ1) is 12.7. The fourth-order valence-corrected chi connectivity index (χ4v) is 3.27. The van der Waals surface area contributed by atoms with E-state index in [0.717, 1.165) is 10.0 Å². The monoisotopic (exact) mass is 295 g/mol. The Bertz CT molecular complexity index is 451. The van der Waals surface area contributed by atoms with Crippen LogP contribution in [0.25, 0.3) is 0 Å². The SMILES string of the molecule is CC1(C)C(C(=O)Cc2cncc(Br)c2)C1(C)C. The van der Waals surface area contributed by atoms with Gasteiger partial charge in [0.2, 0.25) is 0 Å². The van der Waals surface area contributed by atoms with E-state index in [9.17, 15) is 4.79 Å². The molecule has 0 atom stereocenters. The summed E-state index contributed by atoms with van der Waals surface area (Å²) in [4.78, 5) is 16.4. The number of carbonyl (C=O) groups excluding carboxylic acids is 1. The fraction of sp³-hybridized carbons (Fsp3) is 0.571. The van der Waals surface area contributed by atoms with Crippen LogP contribution in [0.4, 0.5) is 0 Å². The number of rotatable bonds is 3. The fourth-order valence-electron chi connectivity index (χ4n) is 2.86. The summed E-state index contributed by atoms with van der Waals surface area (Å²) >= 11 is 3.38. The Morgan fingerprint density at radius 2 is 1.88 bits per heavy atom. The maximum atomic E-state index is 12.3. The molecule has 0 saturated heterocycles. The van der Waals surface area contributed by atoms with Crippen molar-refractivity contribution in [1.82, 2.24) is 4.98 Å². The molecule has 92 valence electrons. The van der Waals surface area contributed by atoms with Gasteiger partial charge in [-0.05, 0) is 38.4 Å². The Morgan fingerprint density at radius 3 is 2.35 bits per heavy atom. The van der Waals surface area contributed by atoms with E-state index in [1.54, 1.807) is 12.4 Å². The standard InChI is InChI=1S/C14H18BrNO/c1-13(2)12(14(13,3)4)11(17)6-9-5-10(15)8-16-7-9/h5,7-8,12H,6H2,1-4H3. The minimum atomic E-state index is 0.128. The zero-order valence-corrected chi connectivity index (χ0v) is 12.3. The highest BCUT2D eigenvalue weighted by Gasteiger charge is 2.67. The Hall–Kier alpha value is -0.700. The van der Waals surface area contributed by atoms with Gasteiger partial charge in [0, 0.05) is 29.2 Å². The molecule has 17 heavy (non-hydrogen) atoms. The van der Waals surface area contributed by atoms with Gasteiger partial charge in [-0.25, -0.2) is 0 Å². The zero-order chi connectivity index (χ0) is 12.8. The van der Waals surface area contributed by atoms with Crippen LogP contribution in [0.5, 0.6) is 0 Å². The van der Waals surface area contributed by atoms with Crippen molar-refractivity contribution in [3.63, 3.8) is 0 Å². The van der Waals surface area contributed by atoms with Gasteiger partial charge in [0.1, 0.15) is 5.78 Å². The van der Waals surface area contributed by atoms with Crippen molar-refractivity contribution in [2.45, 2.75) is 34.1 Å². The van der Waals surface area contributed by atoms with E-state index in [4.69, 9.17) is 0 Å². The van der Waals surface area contributed by atoms with E-state index in [2.05, 4.69) is 48.6 Å². The van der Waals surface area contributed by atoms with E-state index < -0.39 is 0 Å². The highest BCUT2D eigenvalue weighted by Crippen LogP contribution is 2.68. The van der Waals surface area contributed by atoms with Crippen LogP contribution in [0.1, 0.15) is 33.3 Å². The second-order valence-corrected chi connectivity index (χ2v) is 6.95. The predicted octanol–water partition coefficient (Wildman–Crippen LogP) is 3.64. The zero-order valence-electron chi connectivity index (χ0n) is 10.7. The summed E-state index contributed by atoms with van der Waals surface area (Å²) in [5.41, 5.74) is 1.25. The molecule has 1 saturated carbocycles. The normalized spacial score (nSPS) is 21.2. The second kappa shape index (κ2) is 3.91. The lowest BCUT2D eigenvalue weighted by molar-refractivity contribution is -0.120. The average molecular weight is 296 g/mol. The molecule has 1 aliphatic rings. The maximum Gasteiger partial charge on any atom is 0.141 e. The van der Waals surface area contributed by atoms with Gasteiger partial charge in [-0.15, -0.1) is 0 Å². The summed E-state index contributed by atoms with van der Waals surface area (Å²) in [6, 6.07) is 1.97. The Kier molecular flexibility index (Phi) is 2.93. The molecule has 0 amide bonds. The number of aromatic nitrogens is 1. The average Bonchev–Trinajstić information content (AvgIpc) is 2.56. The first-order chi connectivity index (χ1) is 7.76. The molecular weight excluding hydrogens is 278 g/mol. The summed E-state index contributed by atoms with van der Waals surface area (Å²) in [7, 11) is 0. The number of nitrogens with zero attached hydrogens (tertiary/aromatic N) is 1. The number of Topliss-reactive ketones (excluding diaryl/α,β-unsaturated/α-hetero) is 1. The first-order valence-electron chi connectivity index (χ1n) is 5.89. The van der Waals surface area contributed by atoms with Crippen molar-refractivity contribution in [2.75, 3.05) is 0 Å². The minimum absolute atomic E-state index is 0.128. The number of halogens is 1. The highest BCUT2D eigenvalue weighted by molar-refractivity contribution is 9.10. The van der Waals surface area contributed by atoms with Gasteiger partial charge in [-0.2, -0.15) is 0 Å². The van der Waals surface area contributed by atoms with Crippen molar-refractivity contribution in [3.8, 4) is 0 Å². The summed E-state index contributed by atoms with van der Waals surface area (Å²) < 4.78 is 0.928. The number of carbonyl (C=O) groups is 1. The van der Waals surface area contributed by atoms with Crippen LogP contribution in [-0.4, -0.2) is 10.8 Å². The highest BCUT2D eigenvalue weighted by atomic mass is 79.9. The van der Waals surface area contributed by atoms with Crippen molar-refractivity contribution in [1.29, 1.82) is 0 Å². The van der Waals surface area contributed by atoms with Crippen LogP contribution in [0.15, 0.2) is 22.9 Å². The van der Waals surface area contributed by atoms with Gasteiger partial charge in [-0.1, -0.05) is 27.7 Å². The van der Waals surface area contributed by atoms with E-state index in [1.807, 2.05) is 6.07 Å². The van der Waals surface area contributed by atoms with E-state index in [-0.39, 0.29) is 16.7 Å². The summed E-state index contributed by atoms with van der Waals surface area (Å²) in [6.45, 7) is 8.70. The van der Waals surface area contributed by atoms with E-state index in [0.29, 0.717) is 12.2 Å². The van der Waals surface area contributed by atoms with Crippen LogP contribution >= 0.6 is 15.9 Å². The van der Waals surface area contributed by atoms with Crippen molar-refractivity contribution in [2.24, 2.45) is 16.7 Å². The van der Waals surface area contributed by atoms with E-state index >= 15 is 0 Å². The number of hydrogen-bond acceptors (Lipinski definition) is 2. The second-order valence-electron chi connectivity index (χ2n) is 6.03. The molecule has 0 unspecified atom stereocenters. The molecule has 2 nitrogen and oxygen atoms in total. The summed E-state index contributed by atoms with van der Waals surface area (Å²) in [5, 5.41) is 0. The first-order valence-corrected chi connectivity index (χ1v) is 6.68.